The van der Waals surface area contributed by atoms with Crippen molar-refractivity contribution < 1.29 is 32.9 Å². The van der Waals surface area contributed by atoms with Gasteiger partial charge in [-0.15, -0.1) is 0 Å². The van der Waals surface area contributed by atoms with Gasteiger partial charge in [0, 0.05) is 0 Å². The van der Waals surface area contributed by atoms with Crippen molar-refractivity contribution in [2.75, 3.05) is 13.7 Å². The van der Waals surface area contributed by atoms with Crippen LogP contribution in [0.15, 0.2) is 0 Å². The van der Waals surface area contributed by atoms with Gasteiger partial charge in [-0.25, -0.2) is 4.79 Å². The molecule has 0 aliphatic carbocycles. The summed E-state index contributed by atoms with van der Waals surface area (Å²) in [4.78, 5) is 11.6. The summed E-state index contributed by atoms with van der Waals surface area (Å²) in [5, 5.41) is 0.0785. The number of methoxy groups -OCH3 is 1. The third-order valence-electron chi connectivity index (χ3n) is 4.90. The second kappa shape index (κ2) is 6.57. The lowest BCUT2D eigenvalue weighted by Gasteiger charge is -2.37. The van der Waals surface area contributed by atoms with Gasteiger partial charge in [0.2, 0.25) is 0 Å². The number of ether oxygens (including phenoxy) is 5. The van der Waals surface area contributed by atoms with Crippen LogP contribution in [0.1, 0.15) is 34.6 Å². The zero-order valence-electron chi connectivity index (χ0n) is 15.9. The van der Waals surface area contributed by atoms with Crippen molar-refractivity contribution in [1.29, 1.82) is 0 Å². The van der Waals surface area contributed by atoms with Gasteiger partial charge in [0.25, 0.3) is 0 Å². The molecule has 0 N–H and O–H groups in total. The van der Waals surface area contributed by atoms with Gasteiger partial charge in [-0.1, -0.05) is 20.8 Å². The molecule has 0 aromatic rings. The summed E-state index contributed by atoms with van der Waals surface area (Å²) in [6.07, 6.45) is -2.93. The van der Waals surface area contributed by atoms with Crippen molar-refractivity contribution in [2.24, 2.45) is 0 Å². The standard InChI is InChI=1S/C16H30O7Si/c1-15(2,3)24(7,8)19-9-10-11(21-14(17)18-6)12-13(20-10)23-16(4,5)22-12/h10-13H,9H2,1-8H3/t10-,11-,12-,13-/m1/s1. The van der Waals surface area contributed by atoms with E-state index in [9.17, 15) is 4.79 Å². The van der Waals surface area contributed by atoms with Crippen molar-refractivity contribution >= 4 is 14.5 Å². The van der Waals surface area contributed by atoms with Crippen LogP contribution in [0, 0.1) is 0 Å². The van der Waals surface area contributed by atoms with Gasteiger partial charge in [0.15, 0.2) is 32.6 Å². The first-order valence-corrected chi connectivity index (χ1v) is 11.2. The Labute approximate surface area is 145 Å². The second-order valence-electron chi connectivity index (χ2n) is 8.25. The third-order valence-corrected chi connectivity index (χ3v) is 9.40. The van der Waals surface area contributed by atoms with Crippen LogP contribution in [0.2, 0.25) is 18.1 Å². The lowest BCUT2D eigenvalue weighted by atomic mass is 10.1. The molecule has 0 unspecified atom stereocenters. The highest BCUT2D eigenvalue weighted by atomic mass is 28.4. The van der Waals surface area contributed by atoms with Crippen molar-refractivity contribution in [3.05, 3.63) is 0 Å². The zero-order valence-corrected chi connectivity index (χ0v) is 16.9. The van der Waals surface area contributed by atoms with E-state index in [2.05, 4.69) is 38.6 Å². The number of hydrogen-bond donors (Lipinski definition) is 0. The maximum Gasteiger partial charge on any atom is 0.508 e. The molecular formula is C16H30O7Si. The highest BCUT2D eigenvalue weighted by molar-refractivity contribution is 6.74. The van der Waals surface area contributed by atoms with Crippen LogP contribution < -0.4 is 0 Å². The van der Waals surface area contributed by atoms with Crippen LogP contribution in [0.3, 0.4) is 0 Å². The van der Waals surface area contributed by atoms with E-state index in [0.29, 0.717) is 6.61 Å². The first-order chi connectivity index (χ1) is 10.9. The van der Waals surface area contributed by atoms with Gasteiger partial charge in [0.1, 0.15) is 6.10 Å². The Bertz CT molecular complexity index is 472. The summed E-state index contributed by atoms with van der Waals surface area (Å²) in [5.41, 5.74) is 0. The Kier molecular flexibility index (Phi) is 5.38. The minimum atomic E-state index is -1.95. The number of carbonyl (C=O) groups excluding carboxylic acids is 1. The Balaban J connectivity index is 2.07. The van der Waals surface area contributed by atoms with Crippen LogP contribution in [0.4, 0.5) is 4.79 Å². The van der Waals surface area contributed by atoms with E-state index in [1.165, 1.54) is 7.11 Å². The lowest BCUT2D eigenvalue weighted by Crippen LogP contribution is -2.46. The molecule has 0 bridgehead atoms. The SMILES string of the molecule is COC(=O)O[C@H]1[C@H]2OC(C)(C)O[C@H]2O[C@@H]1CO[Si](C)(C)C(C)(C)C. The van der Waals surface area contributed by atoms with Crippen molar-refractivity contribution in [1.82, 2.24) is 0 Å². The molecule has 0 aromatic carbocycles. The summed E-state index contributed by atoms with van der Waals surface area (Å²) >= 11 is 0. The minimum Gasteiger partial charge on any atom is -0.438 e. The van der Waals surface area contributed by atoms with Gasteiger partial charge in [-0.05, 0) is 32.0 Å². The minimum absolute atomic E-state index is 0.0785. The summed E-state index contributed by atoms with van der Waals surface area (Å²) < 4.78 is 33.7. The van der Waals surface area contributed by atoms with E-state index in [4.69, 9.17) is 23.4 Å². The van der Waals surface area contributed by atoms with E-state index in [0.717, 1.165) is 0 Å². The van der Waals surface area contributed by atoms with Gasteiger partial charge in [0.05, 0.1) is 13.7 Å². The first kappa shape index (κ1) is 19.6. The molecule has 2 aliphatic heterocycles. The summed E-state index contributed by atoms with van der Waals surface area (Å²) in [6, 6.07) is 0. The number of hydrogen-bond acceptors (Lipinski definition) is 7. The lowest BCUT2D eigenvalue weighted by molar-refractivity contribution is -0.218. The van der Waals surface area contributed by atoms with Crippen LogP contribution in [-0.2, 0) is 28.1 Å². The maximum atomic E-state index is 11.6. The monoisotopic (exact) mass is 362 g/mol. The fourth-order valence-corrected chi connectivity index (χ4v) is 3.50. The molecule has 2 rings (SSSR count). The molecule has 2 aliphatic rings. The van der Waals surface area contributed by atoms with Crippen LogP contribution in [0.5, 0.6) is 0 Å². The van der Waals surface area contributed by atoms with Crippen molar-refractivity contribution in [3.8, 4) is 0 Å². The Morgan fingerprint density at radius 2 is 1.83 bits per heavy atom. The molecule has 2 heterocycles. The molecule has 2 saturated heterocycles. The zero-order chi connectivity index (χ0) is 18.3. The molecular weight excluding hydrogens is 332 g/mol. The normalized spacial score (nSPS) is 32.5. The summed E-state index contributed by atoms with van der Waals surface area (Å²) in [5.74, 6) is -0.779. The van der Waals surface area contributed by atoms with Gasteiger partial charge < -0.3 is 28.1 Å². The van der Waals surface area contributed by atoms with E-state index < -0.39 is 44.9 Å². The number of fused-ring (bicyclic) bond motifs is 1. The number of carbonyl (C=O) groups is 1. The van der Waals surface area contributed by atoms with Crippen LogP contribution in [0.25, 0.3) is 0 Å². The molecule has 0 amide bonds. The molecule has 0 aromatic heterocycles. The van der Waals surface area contributed by atoms with Crippen molar-refractivity contribution in [3.63, 3.8) is 0 Å². The highest BCUT2D eigenvalue weighted by Gasteiger charge is 2.57. The van der Waals surface area contributed by atoms with Crippen LogP contribution >= 0.6 is 0 Å². The molecule has 24 heavy (non-hydrogen) atoms. The predicted octanol–water partition coefficient (Wildman–Crippen LogP) is 3.04. The summed E-state index contributed by atoms with van der Waals surface area (Å²) in [7, 11) is -0.678. The number of rotatable bonds is 4. The molecule has 0 radical (unpaired) electrons. The Morgan fingerprint density at radius 1 is 1.21 bits per heavy atom. The first-order valence-electron chi connectivity index (χ1n) is 8.26. The fraction of sp³-hybridized carbons (Fsp3) is 0.938. The molecule has 8 heteroatoms. The maximum absolute atomic E-state index is 11.6. The largest absolute Gasteiger partial charge is 0.508 e. The Morgan fingerprint density at radius 3 is 2.38 bits per heavy atom. The topological polar surface area (TPSA) is 72.5 Å². The van der Waals surface area contributed by atoms with E-state index in [1.807, 2.05) is 0 Å². The van der Waals surface area contributed by atoms with E-state index in [-0.39, 0.29) is 5.04 Å². The smallest absolute Gasteiger partial charge is 0.438 e. The Hall–Kier alpha value is -0.673. The molecule has 2 fully saturated rings. The van der Waals surface area contributed by atoms with Gasteiger partial charge >= 0.3 is 6.16 Å². The van der Waals surface area contributed by atoms with Crippen LogP contribution in [-0.4, -0.2) is 58.6 Å². The predicted molar refractivity (Wildman–Crippen MR) is 89.1 cm³/mol. The fourth-order valence-electron chi connectivity index (χ4n) is 2.49. The van der Waals surface area contributed by atoms with E-state index >= 15 is 0 Å². The molecule has 0 saturated carbocycles. The molecule has 4 atom stereocenters. The molecule has 140 valence electrons. The van der Waals surface area contributed by atoms with E-state index in [1.54, 1.807) is 13.8 Å². The van der Waals surface area contributed by atoms with Crippen molar-refractivity contribution in [2.45, 2.75) is 83.1 Å². The van der Waals surface area contributed by atoms with Gasteiger partial charge in [-0.3, -0.25) is 0 Å². The molecule has 7 nitrogen and oxygen atoms in total. The quantitative estimate of drug-likeness (QED) is 0.562. The highest BCUT2D eigenvalue weighted by Crippen LogP contribution is 2.41. The second-order valence-corrected chi connectivity index (χ2v) is 13.1. The van der Waals surface area contributed by atoms with Gasteiger partial charge in [-0.2, -0.15) is 0 Å². The molecule has 0 spiro atoms. The average Bonchev–Trinajstić information content (AvgIpc) is 2.88. The third kappa shape index (κ3) is 4.11. The summed E-state index contributed by atoms with van der Waals surface area (Å²) in [6.45, 7) is 14.7. The average molecular weight is 362 g/mol.